The fourth-order valence-corrected chi connectivity index (χ4v) is 4.52. The average Bonchev–Trinajstić information content (AvgIpc) is 2.87. The first-order chi connectivity index (χ1) is 12.2. The Balaban J connectivity index is 1.37. The predicted molar refractivity (Wildman–Crippen MR) is 93.7 cm³/mol. The van der Waals surface area contributed by atoms with Crippen LogP contribution in [0.5, 0.6) is 0 Å². The summed E-state index contributed by atoms with van der Waals surface area (Å²) in [6.07, 6.45) is 8.34. The molecule has 1 spiro atoms. The van der Waals surface area contributed by atoms with Crippen LogP contribution in [0, 0.1) is 0 Å². The Labute approximate surface area is 148 Å². The van der Waals surface area contributed by atoms with Gasteiger partial charge in [-0.1, -0.05) is 25.3 Å². The molecule has 2 saturated heterocycles. The number of urea groups is 1. The molecule has 0 unspecified atom stereocenters. The molecule has 1 saturated carbocycles. The van der Waals surface area contributed by atoms with E-state index >= 15 is 0 Å². The first-order valence-corrected chi connectivity index (χ1v) is 9.46. The van der Waals surface area contributed by atoms with E-state index in [1.165, 1.54) is 0 Å². The number of nitrogens with zero attached hydrogens (tertiary/aromatic N) is 3. The van der Waals surface area contributed by atoms with Crippen LogP contribution in [0.4, 0.5) is 4.79 Å². The number of hydrogen-bond donors (Lipinski definition) is 1. The summed E-state index contributed by atoms with van der Waals surface area (Å²) in [4.78, 5) is 33.8. The van der Waals surface area contributed by atoms with Gasteiger partial charge in [-0.3, -0.25) is 19.6 Å². The van der Waals surface area contributed by atoms with Crippen molar-refractivity contribution in [2.45, 2.75) is 63.1 Å². The van der Waals surface area contributed by atoms with Crippen LogP contribution in [0.25, 0.3) is 0 Å². The lowest BCUT2D eigenvalue weighted by Crippen LogP contribution is -2.50. The monoisotopic (exact) mass is 342 g/mol. The SMILES string of the molecule is O=C1NC2(CCCCC2)C(=O)N1C1CCN(Cc2ccccn2)CC1. The van der Waals surface area contributed by atoms with Gasteiger partial charge in [0.1, 0.15) is 5.54 Å². The molecule has 1 aromatic heterocycles. The number of hydrogen-bond acceptors (Lipinski definition) is 4. The van der Waals surface area contributed by atoms with Crippen molar-refractivity contribution in [3.8, 4) is 0 Å². The third-order valence-electron chi connectivity index (χ3n) is 5.93. The average molecular weight is 342 g/mol. The zero-order chi connectivity index (χ0) is 17.3. The van der Waals surface area contributed by atoms with Crippen molar-refractivity contribution in [1.82, 2.24) is 20.1 Å². The van der Waals surface area contributed by atoms with E-state index in [9.17, 15) is 9.59 Å². The summed E-state index contributed by atoms with van der Waals surface area (Å²) in [7, 11) is 0. The molecule has 0 bridgehead atoms. The highest BCUT2D eigenvalue weighted by Crippen LogP contribution is 2.35. The van der Waals surface area contributed by atoms with E-state index in [1.807, 2.05) is 24.4 Å². The summed E-state index contributed by atoms with van der Waals surface area (Å²) in [6.45, 7) is 2.62. The minimum atomic E-state index is -0.597. The molecule has 2 aliphatic heterocycles. The van der Waals surface area contributed by atoms with Crippen LogP contribution in [0.3, 0.4) is 0 Å². The molecule has 3 fully saturated rings. The second-order valence-corrected chi connectivity index (χ2v) is 7.58. The topological polar surface area (TPSA) is 65.5 Å². The van der Waals surface area contributed by atoms with E-state index in [0.717, 1.165) is 70.3 Å². The molecule has 1 N–H and O–H groups in total. The Bertz CT molecular complexity index is 634. The Kier molecular flexibility index (Phi) is 4.46. The van der Waals surface area contributed by atoms with Gasteiger partial charge in [0.05, 0.1) is 5.69 Å². The van der Waals surface area contributed by atoms with E-state index in [1.54, 1.807) is 4.90 Å². The van der Waals surface area contributed by atoms with Crippen LogP contribution < -0.4 is 5.32 Å². The maximum absolute atomic E-state index is 13.0. The fraction of sp³-hybridized carbons (Fsp3) is 0.632. The third-order valence-corrected chi connectivity index (χ3v) is 5.93. The molecule has 3 heterocycles. The van der Waals surface area contributed by atoms with E-state index in [0.29, 0.717) is 0 Å². The first-order valence-electron chi connectivity index (χ1n) is 9.46. The first kappa shape index (κ1) is 16.5. The molecule has 1 aliphatic carbocycles. The van der Waals surface area contributed by atoms with Gasteiger partial charge in [-0.05, 0) is 37.8 Å². The molecule has 0 atom stereocenters. The van der Waals surface area contributed by atoms with Crippen molar-refractivity contribution in [2.24, 2.45) is 0 Å². The molecule has 3 aliphatic rings. The van der Waals surface area contributed by atoms with Gasteiger partial charge < -0.3 is 5.32 Å². The zero-order valence-corrected chi connectivity index (χ0v) is 14.6. The number of aromatic nitrogens is 1. The molecule has 134 valence electrons. The van der Waals surface area contributed by atoms with Crippen LogP contribution >= 0.6 is 0 Å². The lowest BCUT2D eigenvalue weighted by molar-refractivity contribution is -0.134. The van der Waals surface area contributed by atoms with Crippen LogP contribution in [-0.4, -0.2) is 51.4 Å². The highest BCUT2D eigenvalue weighted by atomic mass is 16.2. The molecular formula is C19H26N4O2. The van der Waals surface area contributed by atoms with E-state index in [-0.39, 0.29) is 18.0 Å². The molecule has 0 radical (unpaired) electrons. The Morgan fingerprint density at radius 3 is 2.56 bits per heavy atom. The minimum absolute atomic E-state index is 0.0281. The van der Waals surface area contributed by atoms with Crippen LogP contribution in [0.1, 0.15) is 50.6 Å². The number of likely N-dealkylation sites (tertiary alicyclic amines) is 1. The summed E-state index contributed by atoms with van der Waals surface area (Å²) in [5, 5.41) is 3.03. The quantitative estimate of drug-likeness (QED) is 0.856. The number of carbonyl (C=O) groups excluding carboxylic acids is 2. The second kappa shape index (κ2) is 6.75. The fourth-order valence-electron chi connectivity index (χ4n) is 4.52. The number of carbonyl (C=O) groups is 2. The van der Waals surface area contributed by atoms with Crippen molar-refractivity contribution in [3.05, 3.63) is 30.1 Å². The van der Waals surface area contributed by atoms with Crippen molar-refractivity contribution in [1.29, 1.82) is 0 Å². The molecule has 6 nitrogen and oxygen atoms in total. The molecule has 25 heavy (non-hydrogen) atoms. The van der Waals surface area contributed by atoms with Crippen molar-refractivity contribution < 1.29 is 9.59 Å². The number of piperidine rings is 1. The minimum Gasteiger partial charge on any atom is -0.323 e. The largest absolute Gasteiger partial charge is 0.325 e. The zero-order valence-electron chi connectivity index (χ0n) is 14.6. The van der Waals surface area contributed by atoms with E-state index < -0.39 is 5.54 Å². The van der Waals surface area contributed by atoms with E-state index in [4.69, 9.17) is 0 Å². The smallest absolute Gasteiger partial charge is 0.323 e. The number of imide groups is 1. The third kappa shape index (κ3) is 3.15. The highest BCUT2D eigenvalue weighted by molar-refractivity contribution is 6.07. The van der Waals surface area contributed by atoms with Gasteiger partial charge in [0, 0.05) is 31.9 Å². The molecular weight excluding hydrogens is 316 g/mol. The van der Waals surface area contributed by atoms with Gasteiger partial charge in [-0.25, -0.2) is 4.79 Å². The number of pyridine rings is 1. The highest BCUT2D eigenvalue weighted by Gasteiger charge is 2.53. The molecule has 1 aromatic rings. The van der Waals surface area contributed by atoms with Crippen molar-refractivity contribution >= 4 is 11.9 Å². The summed E-state index contributed by atoms with van der Waals surface area (Å²) in [5.74, 6) is 0.0281. The Morgan fingerprint density at radius 2 is 1.88 bits per heavy atom. The maximum atomic E-state index is 13.0. The van der Waals surface area contributed by atoms with Gasteiger partial charge in [-0.2, -0.15) is 0 Å². The van der Waals surface area contributed by atoms with Crippen molar-refractivity contribution in [3.63, 3.8) is 0 Å². The molecule has 3 amide bonds. The lowest BCUT2D eigenvalue weighted by Gasteiger charge is -2.36. The predicted octanol–water partition coefficient (Wildman–Crippen LogP) is 2.30. The lowest BCUT2D eigenvalue weighted by atomic mass is 9.81. The van der Waals surface area contributed by atoms with Gasteiger partial charge >= 0.3 is 6.03 Å². The summed E-state index contributed by atoms with van der Waals surface area (Å²) in [6, 6.07) is 5.83. The van der Waals surface area contributed by atoms with Crippen molar-refractivity contribution in [2.75, 3.05) is 13.1 Å². The second-order valence-electron chi connectivity index (χ2n) is 7.58. The van der Waals surface area contributed by atoms with Crippen LogP contribution in [0.15, 0.2) is 24.4 Å². The van der Waals surface area contributed by atoms with E-state index in [2.05, 4.69) is 15.2 Å². The summed E-state index contributed by atoms with van der Waals surface area (Å²) < 4.78 is 0. The van der Waals surface area contributed by atoms with Gasteiger partial charge in [0.25, 0.3) is 5.91 Å². The number of amides is 3. The van der Waals surface area contributed by atoms with Crippen LogP contribution in [0.2, 0.25) is 0 Å². The number of nitrogens with one attached hydrogen (secondary N) is 1. The molecule has 0 aromatic carbocycles. The van der Waals surface area contributed by atoms with Gasteiger partial charge in [-0.15, -0.1) is 0 Å². The Morgan fingerprint density at radius 1 is 1.12 bits per heavy atom. The molecule has 4 rings (SSSR count). The summed E-state index contributed by atoms with van der Waals surface area (Å²) >= 11 is 0. The maximum Gasteiger partial charge on any atom is 0.325 e. The number of rotatable bonds is 3. The van der Waals surface area contributed by atoms with Crippen LogP contribution in [-0.2, 0) is 11.3 Å². The normalized spacial score (nSPS) is 24.7. The van der Waals surface area contributed by atoms with Gasteiger partial charge in [0.2, 0.25) is 0 Å². The summed E-state index contributed by atoms with van der Waals surface area (Å²) in [5.41, 5.74) is 0.470. The standard InChI is InChI=1S/C19H26N4O2/c24-17-19(9-3-1-4-10-19)21-18(25)23(17)16-7-12-22(13-8-16)14-15-6-2-5-11-20-15/h2,5-6,11,16H,1,3-4,7-10,12-14H2,(H,21,25). The Hall–Kier alpha value is -1.95. The molecule has 6 heteroatoms. The van der Waals surface area contributed by atoms with Gasteiger partial charge in [0.15, 0.2) is 0 Å².